The fourth-order valence-corrected chi connectivity index (χ4v) is 6.78. The van der Waals surface area contributed by atoms with E-state index in [9.17, 15) is 22.4 Å². The standard InChI is InChI=1S/C21H24FN3O5S2/c1-30-21(27)19-16-3-2-4-17(16)31-20(19)23-18(26)13-24-9-11-25(12-10-24)32(28,29)15-7-5-14(22)6-8-15/h5-8H,2-4,9-13H2,1H3,(H,23,26). The van der Waals surface area contributed by atoms with Gasteiger partial charge in [0.2, 0.25) is 15.9 Å². The number of sulfonamides is 1. The van der Waals surface area contributed by atoms with Crippen LogP contribution in [0.3, 0.4) is 0 Å². The molecule has 1 saturated heterocycles. The molecule has 0 saturated carbocycles. The number of rotatable bonds is 6. The second-order valence-electron chi connectivity index (χ2n) is 7.74. The summed E-state index contributed by atoms with van der Waals surface area (Å²) in [6, 6.07) is 4.75. The highest BCUT2D eigenvalue weighted by Gasteiger charge is 2.31. The first-order chi connectivity index (χ1) is 15.3. The van der Waals surface area contributed by atoms with Crippen molar-refractivity contribution in [1.29, 1.82) is 0 Å². The van der Waals surface area contributed by atoms with Crippen LogP contribution in [0.2, 0.25) is 0 Å². The van der Waals surface area contributed by atoms with Gasteiger partial charge in [-0.1, -0.05) is 0 Å². The second-order valence-corrected chi connectivity index (χ2v) is 10.8. The van der Waals surface area contributed by atoms with Crippen LogP contribution in [0.25, 0.3) is 0 Å². The van der Waals surface area contributed by atoms with Crippen LogP contribution < -0.4 is 5.32 Å². The van der Waals surface area contributed by atoms with Crippen LogP contribution in [0, 0.1) is 5.82 Å². The molecule has 11 heteroatoms. The number of aryl methyl sites for hydroxylation is 1. The molecule has 1 aliphatic heterocycles. The number of thiophene rings is 1. The Morgan fingerprint density at radius 2 is 1.81 bits per heavy atom. The molecular weight excluding hydrogens is 457 g/mol. The van der Waals surface area contributed by atoms with Crippen LogP contribution in [0.5, 0.6) is 0 Å². The lowest BCUT2D eigenvalue weighted by molar-refractivity contribution is -0.117. The van der Waals surface area contributed by atoms with E-state index in [4.69, 9.17) is 4.74 Å². The first-order valence-electron chi connectivity index (χ1n) is 10.3. The Hall–Kier alpha value is -2.34. The Morgan fingerprint density at radius 1 is 1.12 bits per heavy atom. The minimum absolute atomic E-state index is 0.0474. The van der Waals surface area contributed by atoms with Gasteiger partial charge in [0, 0.05) is 31.1 Å². The van der Waals surface area contributed by atoms with Gasteiger partial charge in [-0.3, -0.25) is 9.69 Å². The van der Waals surface area contributed by atoms with Gasteiger partial charge < -0.3 is 10.1 Å². The number of fused-ring (bicyclic) bond motifs is 1. The molecule has 1 N–H and O–H groups in total. The number of amides is 1. The van der Waals surface area contributed by atoms with Gasteiger partial charge in [0.05, 0.1) is 24.1 Å². The van der Waals surface area contributed by atoms with E-state index in [1.807, 2.05) is 4.90 Å². The van der Waals surface area contributed by atoms with E-state index in [1.165, 1.54) is 34.9 Å². The van der Waals surface area contributed by atoms with Crippen LogP contribution in [0.15, 0.2) is 29.2 Å². The van der Waals surface area contributed by atoms with E-state index in [1.54, 1.807) is 0 Å². The molecule has 1 aromatic carbocycles. The summed E-state index contributed by atoms with van der Waals surface area (Å²) >= 11 is 1.42. The predicted octanol–water partition coefficient (Wildman–Crippen LogP) is 2.11. The van der Waals surface area contributed by atoms with Crippen molar-refractivity contribution in [2.75, 3.05) is 45.2 Å². The lowest BCUT2D eigenvalue weighted by Gasteiger charge is -2.33. The Balaban J connectivity index is 1.36. The Morgan fingerprint density at radius 3 is 2.47 bits per heavy atom. The summed E-state index contributed by atoms with van der Waals surface area (Å²) in [6.45, 7) is 1.33. The summed E-state index contributed by atoms with van der Waals surface area (Å²) < 4.78 is 44.8. The number of hydrogen-bond donors (Lipinski definition) is 1. The molecule has 1 aromatic heterocycles. The number of ether oxygens (including phenoxy) is 1. The number of halogens is 1. The zero-order chi connectivity index (χ0) is 22.9. The number of anilines is 1. The maximum atomic E-state index is 13.1. The highest BCUT2D eigenvalue weighted by atomic mass is 32.2. The third-order valence-electron chi connectivity index (χ3n) is 5.71. The summed E-state index contributed by atoms with van der Waals surface area (Å²) in [6.07, 6.45) is 2.69. The van der Waals surface area contributed by atoms with Crippen LogP contribution in [0.4, 0.5) is 9.39 Å². The first-order valence-corrected chi connectivity index (χ1v) is 12.6. The van der Waals surface area contributed by atoms with Gasteiger partial charge in [-0.25, -0.2) is 17.6 Å². The average molecular weight is 482 g/mol. The van der Waals surface area contributed by atoms with Gasteiger partial charge in [0.15, 0.2) is 0 Å². The van der Waals surface area contributed by atoms with Crippen molar-refractivity contribution in [2.45, 2.75) is 24.2 Å². The third kappa shape index (κ3) is 4.56. The number of nitrogens with one attached hydrogen (secondary N) is 1. The van der Waals surface area contributed by atoms with E-state index >= 15 is 0 Å². The molecule has 2 aliphatic rings. The Bertz CT molecular complexity index is 1120. The zero-order valence-corrected chi connectivity index (χ0v) is 19.2. The van der Waals surface area contributed by atoms with Crippen molar-refractivity contribution in [3.05, 3.63) is 46.1 Å². The molecule has 1 amide bonds. The molecule has 0 radical (unpaired) electrons. The van der Waals surface area contributed by atoms with Gasteiger partial charge in [-0.15, -0.1) is 11.3 Å². The van der Waals surface area contributed by atoms with E-state index in [-0.39, 0.29) is 30.4 Å². The SMILES string of the molecule is COC(=O)c1c(NC(=O)CN2CCN(S(=O)(=O)c3ccc(F)cc3)CC2)sc2c1CCC2. The van der Waals surface area contributed by atoms with Gasteiger partial charge in [0.25, 0.3) is 0 Å². The van der Waals surface area contributed by atoms with Crippen molar-refractivity contribution < 1.29 is 27.1 Å². The molecule has 0 bridgehead atoms. The summed E-state index contributed by atoms with van der Waals surface area (Å²) in [7, 11) is -2.38. The second kappa shape index (κ2) is 9.26. The quantitative estimate of drug-likeness (QED) is 0.635. The predicted molar refractivity (Wildman–Crippen MR) is 118 cm³/mol. The van der Waals surface area contributed by atoms with Crippen LogP contribution in [-0.4, -0.2) is 69.3 Å². The molecule has 0 unspecified atom stereocenters. The number of esters is 1. The van der Waals surface area contributed by atoms with Crippen molar-refractivity contribution >= 4 is 38.2 Å². The highest BCUT2D eigenvalue weighted by molar-refractivity contribution is 7.89. The number of benzene rings is 1. The van der Waals surface area contributed by atoms with E-state index in [0.717, 1.165) is 41.8 Å². The number of carbonyl (C=O) groups excluding carboxylic acids is 2. The molecule has 2 aromatic rings. The minimum Gasteiger partial charge on any atom is -0.465 e. The van der Waals surface area contributed by atoms with Gasteiger partial charge in [-0.2, -0.15) is 4.31 Å². The van der Waals surface area contributed by atoms with Crippen molar-refractivity contribution in [1.82, 2.24) is 9.21 Å². The monoisotopic (exact) mass is 481 g/mol. The zero-order valence-electron chi connectivity index (χ0n) is 17.6. The van der Waals surface area contributed by atoms with Crippen LogP contribution >= 0.6 is 11.3 Å². The van der Waals surface area contributed by atoms with E-state index in [2.05, 4.69) is 5.32 Å². The molecule has 1 aliphatic carbocycles. The number of nitrogens with zero attached hydrogens (tertiary/aromatic N) is 2. The van der Waals surface area contributed by atoms with E-state index in [0.29, 0.717) is 23.7 Å². The Kier molecular flexibility index (Phi) is 6.61. The largest absolute Gasteiger partial charge is 0.465 e. The van der Waals surface area contributed by atoms with Crippen molar-refractivity contribution in [3.8, 4) is 0 Å². The molecule has 4 rings (SSSR count). The maximum absolute atomic E-state index is 13.1. The minimum atomic E-state index is -3.71. The van der Waals surface area contributed by atoms with Gasteiger partial charge >= 0.3 is 5.97 Å². The number of methoxy groups -OCH3 is 1. The number of carbonyl (C=O) groups is 2. The highest BCUT2D eigenvalue weighted by Crippen LogP contribution is 2.39. The van der Waals surface area contributed by atoms with Gasteiger partial charge in [0.1, 0.15) is 10.8 Å². The van der Waals surface area contributed by atoms with Crippen molar-refractivity contribution in [3.63, 3.8) is 0 Å². The topological polar surface area (TPSA) is 96.0 Å². The number of hydrogen-bond acceptors (Lipinski definition) is 7. The van der Waals surface area contributed by atoms with Crippen LogP contribution in [-0.2, 0) is 32.4 Å². The molecule has 1 fully saturated rings. The molecule has 32 heavy (non-hydrogen) atoms. The number of piperazine rings is 1. The smallest absolute Gasteiger partial charge is 0.341 e. The van der Waals surface area contributed by atoms with Crippen molar-refractivity contribution in [2.24, 2.45) is 0 Å². The normalized spacial score (nSPS) is 17.2. The Labute approximate surface area is 190 Å². The lowest BCUT2D eigenvalue weighted by Crippen LogP contribution is -2.50. The third-order valence-corrected chi connectivity index (χ3v) is 8.83. The molecule has 172 valence electrons. The summed E-state index contributed by atoms with van der Waals surface area (Å²) in [5.41, 5.74) is 1.42. The summed E-state index contributed by atoms with van der Waals surface area (Å²) in [5.74, 6) is -1.20. The molecule has 8 nitrogen and oxygen atoms in total. The van der Waals surface area contributed by atoms with Crippen LogP contribution in [0.1, 0.15) is 27.2 Å². The van der Waals surface area contributed by atoms with Gasteiger partial charge in [-0.05, 0) is 49.1 Å². The molecule has 2 heterocycles. The van der Waals surface area contributed by atoms with E-state index < -0.39 is 21.8 Å². The molecule has 0 atom stereocenters. The maximum Gasteiger partial charge on any atom is 0.341 e. The summed E-state index contributed by atoms with van der Waals surface area (Å²) in [4.78, 5) is 27.9. The lowest BCUT2D eigenvalue weighted by atomic mass is 10.1. The fourth-order valence-electron chi connectivity index (χ4n) is 4.06. The molecule has 0 spiro atoms. The first kappa shape index (κ1) is 22.8. The average Bonchev–Trinajstić information content (AvgIpc) is 3.34. The fraction of sp³-hybridized carbons (Fsp3) is 0.429. The summed E-state index contributed by atoms with van der Waals surface area (Å²) in [5, 5.41) is 3.36. The molecular formula is C21H24FN3O5S2.